The first-order valence-electron chi connectivity index (χ1n) is 2.82. The fourth-order valence-corrected chi connectivity index (χ4v) is 0.313. The Balaban J connectivity index is 3.57. The van der Waals surface area contributed by atoms with E-state index in [-0.39, 0.29) is 0 Å². The first kappa shape index (κ1) is 8.68. The van der Waals surface area contributed by atoms with Crippen molar-refractivity contribution in [3.8, 4) is 0 Å². The van der Waals surface area contributed by atoms with Gasteiger partial charge in [0.25, 0.3) is 0 Å². The zero-order chi connectivity index (χ0) is 7.98. The van der Waals surface area contributed by atoms with Crippen LogP contribution in [0.25, 0.3) is 0 Å². The molecule has 1 N–H and O–H groups in total. The molecular weight excluding hydrogens is 134 g/mol. The van der Waals surface area contributed by atoms with E-state index in [1.54, 1.807) is 6.92 Å². The molecule has 0 saturated carbocycles. The van der Waals surface area contributed by atoms with Crippen LogP contribution in [-0.2, 0) is 9.53 Å². The maximum Gasteiger partial charge on any atom is 0.415 e. The number of esters is 1. The summed E-state index contributed by atoms with van der Waals surface area (Å²) in [6.07, 6.45) is 0.183. The fourth-order valence-electron chi connectivity index (χ4n) is 0.313. The number of rotatable bonds is 2. The number of ether oxygens (including phenoxy) is 1. The standard InChI is InChI=1S/C6H9NO3/c1-3-5(8)10-6(9)7-4-2/h3H,1,4H2,2H3,(H,7,9). The zero-order valence-corrected chi connectivity index (χ0v) is 5.72. The molecule has 0 rings (SSSR count). The van der Waals surface area contributed by atoms with E-state index in [4.69, 9.17) is 0 Å². The van der Waals surface area contributed by atoms with Crippen LogP contribution in [0.3, 0.4) is 0 Å². The summed E-state index contributed by atoms with van der Waals surface area (Å²) in [5.74, 6) is -0.744. The van der Waals surface area contributed by atoms with Crippen LogP contribution in [-0.4, -0.2) is 18.6 Å². The molecular formula is C6H9NO3. The van der Waals surface area contributed by atoms with Crippen molar-refractivity contribution in [2.45, 2.75) is 6.92 Å². The Morgan fingerprint density at radius 2 is 2.30 bits per heavy atom. The summed E-state index contributed by atoms with van der Waals surface area (Å²) in [5, 5.41) is 2.28. The summed E-state index contributed by atoms with van der Waals surface area (Å²) >= 11 is 0. The minimum Gasteiger partial charge on any atom is -0.373 e. The van der Waals surface area contributed by atoms with Crippen LogP contribution < -0.4 is 5.32 Å². The number of nitrogens with one attached hydrogen (secondary N) is 1. The highest BCUT2D eigenvalue weighted by Crippen LogP contribution is 1.79. The van der Waals surface area contributed by atoms with Crippen LogP contribution in [0.5, 0.6) is 0 Å². The minimum atomic E-state index is -0.744. The quantitative estimate of drug-likeness (QED) is 0.347. The van der Waals surface area contributed by atoms with Gasteiger partial charge in [0.1, 0.15) is 0 Å². The zero-order valence-electron chi connectivity index (χ0n) is 5.72. The second kappa shape index (κ2) is 4.55. The number of alkyl carbamates (subject to hydrolysis) is 1. The Morgan fingerprint density at radius 1 is 1.70 bits per heavy atom. The van der Waals surface area contributed by atoms with Crippen molar-refractivity contribution >= 4 is 12.1 Å². The minimum absolute atomic E-state index is 0.434. The molecule has 0 aromatic rings. The Morgan fingerprint density at radius 3 is 2.70 bits per heavy atom. The van der Waals surface area contributed by atoms with Crippen molar-refractivity contribution in [1.82, 2.24) is 5.32 Å². The molecule has 1 amide bonds. The number of carbonyl (C=O) groups is 2. The van der Waals surface area contributed by atoms with Gasteiger partial charge < -0.3 is 10.1 Å². The molecule has 0 saturated heterocycles. The molecule has 10 heavy (non-hydrogen) atoms. The summed E-state index contributed by atoms with van der Waals surface area (Å²) < 4.78 is 4.13. The van der Waals surface area contributed by atoms with Gasteiger partial charge in [0.05, 0.1) is 0 Å². The van der Waals surface area contributed by atoms with E-state index < -0.39 is 12.1 Å². The van der Waals surface area contributed by atoms with Gasteiger partial charge >= 0.3 is 12.1 Å². The molecule has 56 valence electrons. The van der Waals surface area contributed by atoms with E-state index in [0.29, 0.717) is 6.54 Å². The maximum atomic E-state index is 10.4. The van der Waals surface area contributed by atoms with E-state index in [0.717, 1.165) is 6.08 Å². The largest absolute Gasteiger partial charge is 0.415 e. The lowest BCUT2D eigenvalue weighted by Crippen LogP contribution is -2.25. The molecule has 0 aliphatic carbocycles. The molecule has 0 fully saturated rings. The van der Waals surface area contributed by atoms with Crippen molar-refractivity contribution < 1.29 is 14.3 Å². The second-order valence-corrected chi connectivity index (χ2v) is 1.44. The third-order valence-electron chi connectivity index (χ3n) is 0.681. The van der Waals surface area contributed by atoms with Crippen LogP contribution >= 0.6 is 0 Å². The van der Waals surface area contributed by atoms with E-state index >= 15 is 0 Å². The normalized spacial score (nSPS) is 8.10. The highest BCUT2D eigenvalue weighted by molar-refractivity contribution is 5.90. The first-order valence-corrected chi connectivity index (χ1v) is 2.82. The predicted molar refractivity (Wildman–Crippen MR) is 35.4 cm³/mol. The third kappa shape index (κ3) is 3.65. The maximum absolute atomic E-state index is 10.4. The van der Waals surface area contributed by atoms with Crippen LogP contribution in [0.4, 0.5) is 4.79 Å². The van der Waals surface area contributed by atoms with Gasteiger partial charge in [0.2, 0.25) is 0 Å². The highest BCUT2D eigenvalue weighted by atomic mass is 16.6. The van der Waals surface area contributed by atoms with Crippen molar-refractivity contribution in [3.63, 3.8) is 0 Å². The molecule has 0 radical (unpaired) electrons. The number of hydrogen-bond acceptors (Lipinski definition) is 3. The van der Waals surface area contributed by atoms with Gasteiger partial charge in [0.15, 0.2) is 0 Å². The Bertz CT molecular complexity index is 153. The average Bonchev–Trinajstić information content (AvgIpc) is 1.88. The van der Waals surface area contributed by atoms with Gasteiger partial charge in [-0.05, 0) is 6.92 Å². The molecule has 0 unspecified atom stereocenters. The first-order chi connectivity index (χ1) is 4.70. The SMILES string of the molecule is C=CC(=O)OC(=O)NCC. The highest BCUT2D eigenvalue weighted by Gasteiger charge is 2.02. The van der Waals surface area contributed by atoms with Crippen molar-refractivity contribution in [2.75, 3.05) is 6.54 Å². The molecule has 0 aromatic carbocycles. The molecule has 4 nitrogen and oxygen atoms in total. The molecule has 0 aliphatic rings. The molecule has 0 spiro atoms. The fraction of sp³-hybridized carbons (Fsp3) is 0.333. The summed E-state index contributed by atoms with van der Waals surface area (Å²) in [5.41, 5.74) is 0. The Kier molecular flexibility index (Phi) is 3.95. The van der Waals surface area contributed by atoms with Gasteiger partial charge in [-0.2, -0.15) is 0 Å². The van der Waals surface area contributed by atoms with E-state index in [2.05, 4.69) is 16.6 Å². The van der Waals surface area contributed by atoms with Crippen molar-refractivity contribution in [3.05, 3.63) is 12.7 Å². The molecule has 0 heterocycles. The molecule has 4 heteroatoms. The molecule has 0 atom stereocenters. The third-order valence-corrected chi connectivity index (χ3v) is 0.681. The number of hydrogen-bond donors (Lipinski definition) is 1. The van der Waals surface area contributed by atoms with Crippen LogP contribution in [0.15, 0.2) is 12.7 Å². The summed E-state index contributed by atoms with van der Waals surface area (Å²) in [6.45, 7) is 5.27. The Hall–Kier alpha value is -1.32. The van der Waals surface area contributed by atoms with E-state index in [1.807, 2.05) is 0 Å². The number of amides is 1. The van der Waals surface area contributed by atoms with Crippen LogP contribution in [0.1, 0.15) is 6.92 Å². The molecule has 0 aromatic heterocycles. The molecule has 0 aliphatic heterocycles. The summed E-state index contributed by atoms with van der Waals surface area (Å²) in [4.78, 5) is 20.7. The Labute approximate surface area is 58.9 Å². The van der Waals surface area contributed by atoms with Gasteiger partial charge in [0, 0.05) is 12.6 Å². The smallest absolute Gasteiger partial charge is 0.373 e. The van der Waals surface area contributed by atoms with Crippen LogP contribution in [0, 0.1) is 0 Å². The lowest BCUT2D eigenvalue weighted by atomic mass is 10.7. The summed E-state index contributed by atoms with van der Waals surface area (Å²) in [7, 11) is 0. The van der Waals surface area contributed by atoms with Crippen molar-refractivity contribution in [1.29, 1.82) is 0 Å². The predicted octanol–water partition coefficient (Wildman–Crippen LogP) is 0.445. The number of carbonyl (C=O) groups excluding carboxylic acids is 2. The van der Waals surface area contributed by atoms with Gasteiger partial charge in [-0.25, -0.2) is 9.59 Å². The van der Waals surface area contributed by atoms with Gasteiger partial charge in [-0.15, -0.1) is 0 Å². The lowest BCUT2D eigenvalue weighted by molar-refractivity contribution is -0.131. The second-order valence-electron chi connectivity index (χ2n) is 1.44. The van der Waals surface area contributed by atoms with Crippen LogP contribution in [0.2, 0.25) is 0 Å². The topological polar surface area (TPSA) is 55.4 Å². The molecule has 0 bridgehead atoms. The van der Waals surface area contributed by atoms with E-state index in [9.17, 15) is 9.59 Å². The average molecular weight is 143 g/mol. The lowest BCUT2D eigenvalue weighted by Gasteiger charge is -1.98. The van der Waals surface area contributed by atoms with E-state index in [1.165, 1.54) is 0 Å². The van der Waals surface area contributed by atoms with Crippen molar-refractivity contribution in [2.24, 2.45) is 0 Å². The van der Waals surface area contributed by atoms with Gasteiger partial charge in [-0.1, -0.05) is 6.58 Å². The monoisotopic (exact) mass is 143 g/mol. The van der Waals surface area contributed by atoms with Gasteiger partial charge in [-0.3, -0.25) is 0 Å². The summed E-state index contributed by atoms with van der Waals surface area (Å²) in [6, 6.07) is 0.